The van der Waals surface area contributed by atoms with Crippen LogP contribution >= 0.6 is 0 Å². The molecule has 0 spiro atoms. The van der Waals surface area contributed by atoms with Gasteiger partial charge in [0.1, 0.15) is 22.6 Å². The first kappa shape index (κ1) is 12.6. The number of rotatable bonds is 3. The molecule has 0 aliphatic heterocycles. The van der Waals surface area contributed by atoms with Crippen LogP contribution in [0, 0.1) is 6.92 Å². The van der Waals surface area contributed by atoms with Crippen LogP contribution in [-0.2, 0) is 0 Å². The van der Waals surface area contributed by atoms with Crippen LogP contribution in [-0.4, -0.2) is 27.2 Å². The van der Waals surface area contributed by atoms with E-state index < -0.39 is 11.9 Å². The van der Waals surface area contributed by atoms with Gasteiger partial charge in [0.2, 0.25) is 0 Å². The summed E-state index contributed by atoms with van der Waals surface area (Å²) in [5, 5.41) is 24.2. The lowest BCUT2D eigenvalue weighted by Gasteiger charge is -2.06. The third-order valence-corrected chi connectivity index (χ3v) is 2.48. The molecule has 2 aromatic rings. The minimum Gasteiger partial charge on any atom is -0.507 e. The summed E-state index contributed by atoms with van der Waals surface area (Å²) in [6.07, 6.45) is 1.27. The van der Waals surface area contributed by atoms with E-state index in [-0.39, 0.29) is 22.6 Å². The van der Waals surface area contributed by atoms with Crippen molar-refractivity contribution in [1.82, 2.24) is 5.16 Å². The van der Waals surface area contributed by atoms with Crippen molar-refractivity contribution in [1.29, 1.82) is 0 Å². The van der Waals surface area contributed by atoms with Gasteiger partial charge in [-0.15, -0.1) is 0 Å². The maximum atomic E-state index is 11.8. The summed E-state index contributed by atoms with van der Waals surface area (Å²) >= 11 is 0. The van der Waals surface area contributed by atoms with Crippen molar-refractivity contribution < 1.29 is 24.3 Å². The van der Waals surface area contributed by atoms with Crippen molar-refractivity contribution in [2.45, 2.75) is 6.92 Å². The number of aromatic hydroxyl groups is 1. The molecule has 3 N–H and O–H groups in total. The van der Waals surface area contributed by atoms with Gasteiger partial charge in [-0.3, -0.25) is 4.79 Å². The molecule has 1 heterocycles. The Morgan fingerprint density at radius 1 is 1.32 bits per heavy atom. The number of carboxylic acid groups (broad SMARTS) is 1. The number of amides is 1. The molecule has 1 amide bonds. The molecule has 0 atom stereocenters. The second kappa shape index (κ2) is 4.81. The molecule has 0 aliphatic carbocycles. The third-order valence-electron chi connectivity index (χ3n) is 2.48. The zero-order valence-corrected chi connectivity index (χ0v) is 9.88. The SMILES string of the molecule is Cc1oncc1C(=O)Nc1ccc(O)c(C(=O)O)c1. The predicted molar refractivity (Wildman–Crippen MR) is 64.3 cm³/mol. The molecule has 1 aromatic heterocycles. The Hall–Kier alpha value is -2.83. The molecule has 0 bridgehead atoms. The minimum absolute atomic E-state index is 0.251. The number of aromatic carboxylic acids is 1. The molecule has 0 saturated carbocycles. The highest BCUT2D eigenvalue weighted by atomic mass is 16.5. The topological polar surface area (TPSA) is 113 Å². The standard InChI is InChI=1S/C12H10N2O5/c1-6-9(5-13-19-6)11(16)14-7-2-3-10(15)8(4-7)12(17)18/h2-5,15H,1H3,(H,14,16)(H,17,18). The molecular formula is C12H10N2O5. The Morgan fingerprint density at radius 2 is 2.05 bits per heavy atom. The first-order valence-electron chi connectivity index (χ1n) is 5.28. The Morgan fingerprint density at radius 3 is 2.63 bits per heavy atom. The van der Waals surface area contributed by atoms with Crippen LogP contribution in [0.3, 0.4) is 0 Å². The summed E-state index contributed by atoms with van der Waals surface area (Å²) in [5.74, 6) is -1.77. The largest absolute Gasteiger partial charge is 0.507 e. The van der Waals surface area contributed by atoms with Gasteiger partial charge in [0.15, 0.2) is 0 Å². The highest BCUT2D eigenvalue weighted by Crippen LogP contribution is 2.22. The van der Waals surface area contributed by atoms with Crippen LogP contribution in [0.25, 0.3) is 0 Å². The van der Waals surface area contributed by atoms with Gasteiger partial charge in [-0.1, -0.05) is 5.16 Å². The Labute approximate surface area is 107 Å². The normalized spacial score (nSPS) is 10.2. The fourth-order valence-corrected chi connectivity index (χ4v) is 1.50. The van der Waals surface area contributed by atoms with Gasteiger partial charge in [-0.05, 0) is 25.1 Å². The lowest BCUT2D eigenvalue weighted by Crippen LogP contribution is -2.12. The number of anilines is 1. The van der Waals surface area contributed by atoms with Gasteiger partial charge in [0, 0.05) is 5.69 Å². The van der Waals surface area contributed by atoms with E-state index in [4.69, 9.17) is 9.63 Å². The van der Waals surface area contributed by atoms with Crippen molar-refractivity contribution in [3.8, 4) is 5.75 Å². The van der Waals surface area contributed by atoms with E-state index in [1.54, 1.807) is 6.92 Å². The van der Waals surface area contributed by atoms with E-state index in [1.165, 1.54) is 24.4 Å². The van der Waals surface area contributed by atoms with E-state index in [2.05, 4.69) is 10.5 Å². The summed E-state index contributed by atoms with van der Waals surface area (Å²) in [6.45, 7) is 1.58. The van der Waals surface area contributed by atoms with Gasteiger partial charge in [-0.25, -0.2) is 4.79 Å². The third kappa shape index (κ3) is 2.54. The van der Waals surface area contributed by atoms with Crippen LogP contribution < -0.4 is 5.32 Å². The summed E-state index contributed by atoms with van der Waals surface area (Å²) in [4.78, 5) is 22.7. The molecule has 7 heteroatoms. The molecule has 2 rings (SSSR count). The molecule has 98 valence electrons. The predicted octanol–water partition coefficient (Wildman–Crippen LogP) is 1.64. The summed E-state index contributed by atoms with van der Waals surface area (Å²) in [5.41, 5.74) is 0.214. The molecular weight excluding hydrogens is 252 g/mol. The number of carbonyl (C=O) groups is 2. The van der Waals surface area contributed by atoms with Crippen molar-refractivity contribution in [3.63, 3.8) is 0 Å². The summed E-state index contributed by atoms with van der Waals surface area (Å²) in [7, 11) is 0. The summed E-state index contributed by atoms with van der Waals surface area (Å²) < 4.78 is 4.76. The molecule has 1 aromatic carbocycles. The number of phenols is 1. The fourth-order valence-electron chi connectivity index (χ4n) is 1.50. The number of nitrogens with one attached hydrogen (secondary N) is 1. The van der Waals surface area contributed by atoms with Gasteiger partial charge in [0.05, 0.1) is 6.20 Å². The quantitative estimate of drug-likeness (QED) is 0.725. The van der Waals surface area contributed by atoms with E-state index >= 15 is 0 Å². The van der Waals surface area contributed by atoms with E-state index in [0.29, 0.717) is 5.76 Å². The highest BCUT2D eigenvalue weighted by Gasteiger charge is 2.15. The average Bonchev–Trinajstić information content (AvgIpc) is 2.77. The number of aryl methyl sites for hydroxylation is 1. The zero-order valence-electron chi connectivity index (χ0n) is 9.88. The number of carboxylic acids is 1. The molecule has 0 radical (unpaired) electrons. The van der Waals surface area contributed by atoms with Crippen molar-refractivity contribution in [2.24, 2.45) is 0 Å². The van der Waals surface area contributed by atoms with Gasteiger partial charge < -0.3 is 20.1 Å². The van der Waals surface area contributed by atoms with E-state index in [9.17, 15) is 14.7 Å². The van der Waals surface area contributed by atoms with Crippen LogP contribution in [0.4, 0.5) is 5.69 Å². The van der Waals surface area contributed by atoms with Crippen molar-refractivity contribution >= 4 is 17.6 Å². The molecule has 19 heavy (non-hydrogen) atoms. The van der Waals surface area contributed by atoms with E-state index in [1.807, 2.05) is 0 Å². The maximum Gasteiger partial charge on any atom is 0.339 e. The molecule has 0 fully saturated rings. The molecule has 0 aliphatic rings. The number of benzene rings is 1. The number of nitrogens with zero attached hydrogens (tertiary/aromatic N) is 1. The molecule has 7 nitrogen and oxygen atoms in total. The van der Waals surface area contributed by atoms with Gasteiger partial charge in [-0.2, -0.15) is 0 Å². The monoisotopic (exact) mass is 262 g/mol. The highest BCUT2D eigenvalue weighted by molar-refractivity contribution is 6.05. The Kier molecular flexibility index (Phi) is 3.19. The van der Waals surface area contributed by atoms with Gasteiger partial charge >= 0.3 is 5.97 Å². The second-order valence-electron chi connectivity index (χ2n) is 3.79. The lowest BCUT2D eigenvalue weighted by atomic mass is 10.1. The molecule has 0 unspecified atom stereocenters. The van der Waals surface area contributed by atoms with Gasteiger partial charge in [0.25, 0.3) is 5.91 Å². The first-order valence-corrected chi connectivity index (χ1v) is 5.28. The first-order chi connectivity index (χ1) is 8.99. The summed E-state index contributed by atoms with van der Waals surface area (Å²) in [6, 6.07) is 3.75. The number of carbonyl (C=O) groups excluding carboxylic acids is 1. The zero-order chi connectivity index (χ0) is 14.0. The van der Waals surface area contributed by atoms with Crippen molar-refractivity contribution in [2.75, 3.05) is 5.32 Å². The minimum atomic E-state index is -1.28. The Balaban J connectivity index is 2.25. The smallest absolute Gasteiger partial charge is 0.339 e. The number of hydrogen-bond donors (Lipinski definition) is 3. The Bertz CT molecular complexity index is 647. The maximum absolute atomic E-state index is 11.8. The number of aromatic nitrogens is 1. The molecule has 0 saturated heterocycles. The average molecular weight is 262 g/mol. The second-order valence-corrected chi connectivity index (χ2v) is 3.79. The van der Waals surface area contributed by atoms with E-state index in [0.717, 1.165) is 0 Å². The van der Waals surface area contributed by atoms with Crippen LogP contribution in [0.2, 0.25) is 0 Å². The fraction of sp³-hybridized carbons (Fsp3) is 0.0833. The van der Waals surface area contributed by atoms with Crippen LogP contribution in [0.1, 0.15) is 26.5 Å². The van der Waals surface area contributed by atoms with Crippen molar-refractivity contribution in [3.05, 3.63) is 41.3 Å². The number of hydrogen-bond acceptors (Lipinski definition) is 5. The van der Waals surface area contributed by atoms with Crippen LogP contribution in [0.15, 0.2) is 28.9 Å². The van der Waals surface area contributed by atoms with Crippen LogP contribution in [0.5, 0.6) is 5.75 Å². The lowest BCUT2D eigenvalue weighted by molar-refractivity contribution is 0.0693.